The van der Waals surface area contributed by atoms with Crippen LogP contribution in [0.5, 0.6) is 0 Å². The van der Waals surface area contributed by atoms with Gasteiger partial charge in [-0.2, -0.15) is 0 Å². The summed E-state index contributed by atoms with van der Waals surface area (Å²) >= 11 is 0. The lowest BCUT2D eigenvalue weighted by atomic mass is 9.93. The van der Waals surface area contributed by atoms with Crippen LogP contribution in [0.2, 0.25) is 0 Å². The summed E-state index contributed by atoms with van der Waals surface area (Å²) in [7, 11) is 0. The number of hydrogen-bond donors (Lipinski definition) is 0. The van der Waals surface area contributed by atoms with Crippen molar-refractivity contribution in [2.45, 2.75) is 49.0 Å². The second-order valence-electron chi connectivity index (χ2n) is 4.00. The van der Waals surface area contributed by atoms with Gasteiger partial charge in [-0.3, -0.25) is 9.59 Å². The molecule has 0 aromatic heterocycles. The maximum atomic E-state index is 10.9. The number of carbonyl (C=O) groups is 4. The highest BCUT2D eigenvalue weighted by atomic mass is 16.6. The van der Waals surface area contributed by atoms with Crippen molar-refractivity contribution in [1.29, 1.82) is 0 Å². The molecule has 0 amide bonds. The Morgan fingerprint density at radius 2 is 1.35 bits per heavy atom. The molecule has 6 heteroatoms. The molecule has 2 atom stereocenters. The zero-order valence-corrected chi connectivity index (χ0v) is 11.6. The van der Waals surface area contributed by atoms with Gasteiger partial charge in [0.25, 0.3) is 0 Å². The topological polar surface area (TPSA) is 86.7 Å². The highest BCUT2D eigenvalue weighted by Crippen LogP contribution is 2.26. The first-order valence-corrected chi connectivity index (χ1v) is 6.15. The van der Waals surface area contributed by atoms with Gasteiger partial charge in [0.15, 0.2) is 0 Å². The van der Waals surface area contributed by atoms with E-state index in [1.54, 1.807) is 6.92 Å². The first-order chi connectivity index (χ1) is 9.45. The van der Waals surface area contributed by atoms with Crippen molar-refractivity contribution in [3.8, 4) is 0 Å². The lowest BCUT2D eigenvalue weighted by Crippen LogP contribution is -2.13. The zero-order valence-electron chi connectivity index (χ0n) is 11.6. The maximum Gasteiger partial charge on any atom is 0.338 e. The Balaban J connectivity index is -0.000000133. The third kappa shape index (κ3) is 9.39. The average molecular weight is 330 g/mol. The van der Waals surface area contributed by atoms with Crippen LogP contribution in [0.25, 0.3) is 0 Å². The number of cyclic esters (lactones) is 4. The summed E-state index contributed by atoms with van der Waals surface area (Å²) in [6, 6.07) is 0. The summed E-state index contributed by atoms with van der Waals surface area (Å²) < 4.78 is 8.43. The molecule has 0 aromatic carbocycles. The summed E-state index contributed by atoms with van der Waals surface area (Å²) in [6.07, 6.45) is 3.84. The second-order valence-corrected chi connectivity index (χ2v) is 4.00. The maximum absolute atomic E-state index is 10.9. The van der Waals surface area contributed by atoms with Gasteiger partial charge in [0, 0.05) is 12.2 Å². The Morgan fingerprint density at radius 1 is 0.913 bits per heavy atom. The molecule has 0 saturated carbocycles. The molecule has 1 saturated heterocycles. The van der Waals surface area contributed by atoms with Crippen LogP contribution in [0.4, 0.5) is 0 Å². The molecule has 0 aromatic rings. The van der Waals surface area contributed by atoms with Crippen LogP contribution in [-0.4, -0.2) is 23.9 Å². The summed E-state index contributed by atoms with van der Waals surface area (Å²) in [4.78, 5) is 41.6. The predicted molar refractivity (Wildman–Crippen MR) is 90.3 cm³/mol. The van der Waals surface area contributed by atoms with Gasteiger partial charge in [0.2, 0.25) is 0 Å². The standard InChI is InChI=1S/C8H12O3.C4H2O3.C2H4.3CH4/c1-3-4-6-5(2)7(9)11-8(6)10;5-3-1-2-4(6)7-3;1-2;;;/h5-6H,3-4H2,1-2H3;1-2H;1-2H2;3*1H4. The van der Waals surface area contributed by atoms with Gasteiger partial charge < -0.3 is 9.47 Å². The molecule has 2 unspecified atom stereocenters. The Morgan fingerprint density at radius 3 is 1.57 bits per heavy atom. The molecule has 2 rings (SSSR count). The van der Waals surface area contributed by atoms with E-state index in [0.717, 1.165) is 25.0 Å². The first-order valence-electron chi connectivity index (χ1n) is 6.15. The SMILES string of the molecule is C.C.C.C=C.CCCC1C(=O)OC(=O)C1C.O=C1C=CC(=O)O1. The number of carbonyl (C=O) groups excluding carboxylic acids is 4. The van der Waals surface area contributed by atoms with E-state index in [4.69, 9.17) is 0 Å². The van der Waals surface area contributed by atoms with E-state index in [-0.39, 0.29) is 46.1 Å². The Bertz CT molecular complexity index is 409. The number of rotatable bonds is 2. The van der Waals surface area contributed by atoms with Crippen LogP contribution in [0.1, 0.15) is 49.0 Å². The van der Waals surface area contributed by atoms with E-state index in [0.29, 0.717) is 0 Å². The predicted octanol–water partition coefficient (Wildman–Crippen LogP) is 3.46. The van der Waals surface area contributed by atoms with Crippen molar-refractivity contribution in [3.05, 3.63) is 25.3 Å². The highest BCUT2D eigenvalue weighted by Gasteiger charge is 2.40. The molecule has 0 radical (unpaired) electrons. The molecule has 1 fully saturated rings. The van der Waals surface area contributed by atoms with Crippen LogP contribution in [0.3, 0.4) is 0 Å². The summed E-state index contributed by atoms with van der Waals surface area (Å²) in [6.45, 7) is 9.73. The fourth-order valence-corrected chi connectivity index (χ4v) is 1.62. The average Bonchev–Trinajstić information content (AvgIpc) is 2.91. The van der Waals surface area contributed by atoms with E-state index in [9.17, 15) is 19.2 Å². The van der Waals surface area contributed by atoms with Gasteiger partial charge in [-0.25, -0.2) is 9.59 Å². The molecule has 2 aliphatic rings. The van der Waals surface area contributed by atoms with Gasteiger partial charge in [-0.1, -0.05) is 42.5 Å². The van der Waals surface area contributed by atoms with Crippen LogP contribution in [0, 0.1) is 11.8 Å². The molecular formula is C17H30O6. The molecule has 0 N–H and O–H groups in total. The van der Waals surface area contributed by atoms with Crippen molar-refractivity contribution in [1.82, 2.24) is 0 Å². The van der Waals surface area contributed by atoms with Crippen molar-refractivity contribution in [2.24, 2.45) is 11.8 Å². The normalized spacial score (nSPS) is 20.3. The Labute approximate surface area is 139 Å². The Kier molecular flexibility index (Phi) is 18.4. The molecule has 0 aliphatic carbocycles. The summed E-state index contributed by atoms with van der Waals surface area (Å²) in [5, 5.41) is 0. The molecular weight excluding hydrogens is 300 g/mol. The van der Waals surface area contributed by atoms with E-state index in [1.165, 1.54) is 0 Å². The third-order valence-corrected chi connectivity index (χ3v) is 2.64. The van der Waals surface area contributed by atoms with Gasteiger partial charge >= 0.3 is 23.9 Å². The molecule has 0 bridgehead atoms. The van der Waals surface area contributed by atoms with Crippen molar-refractivity contribution in [2.75, 3.05) is 0 Å². The monoisotopic (exact) mass is 330 g/mol. The Hall–Kier alpha value is -2.24. The third-order valence-electron chi connectivity index (χ3n) is 2.64. The summed E-state index contributed by atoms with van der Waals surface area (Å²) in [5.74, 6) is -2.29. The van der Waals surface area contributed by atoms with Gasteiger partial charge in [0.1, 0.15) is 0 Å². The van der Waals surface area contributed by atoms with Crippen molar-refractivity contribution < 1.29 is 28.7 Å². The molecule has 23 heavy (non-hydrogen) atoms. The number of hydrogen-bond acceptors (Lipinski definition) is 6. The van der Waals surface area contributed by atoms with Crippen LogP contribution in [0.15, 0.2) is 25.3 Å². The fourth-order valence-electron chi connectivity index (χ4n) is 1.62. The van der Waals surface area contributed by atoms with E-state index < -0.39 is 11.9 Å². The zero-order chi connectivity index (χ0) is 15.7. The molecule has 0 spiro atoms. The molecule has 2 aliphatic heterocycles. The minimum Gasteiger partial charge on any atom is -0.393 e. The van der Waals surface area contributed by atoms with Gasteiger partial charge in [-0.15, -0.1) is 13.2 Å². The minimum absolute atomic E-state index is 0. The highest BCUT2D eigenvalue weighted by molar-refractivity contribution is 6.04. The number of ether oxygens (including phenoxy) is 2. The molecule has 134 valence electrons. The smallest absolute Gasteiger partial charge is 0.338 e. The van der Waals surface area contributed by atoms with Crippen LogP contribution in [-0.2, 0) is 28.7 Å². The summed E-state index contributed by atoms with van der Waals surface area (Å²) in [5.41, 5.74) is 0. The van der Waals surface area contributed by atoms with E-state index >= 15 is 0 Å². The van der Waals surface area contributed by atoms with Crippen molar-refractivity contribution in [3.63, 3.8) is 0 Å². The van der Waals surface area contributed by atoms with Crippen LogP contribution < -0.4 is 0 Å². The molecule has 2 heterocycles. The van der Waals surface area contributed by atoms with Gasteiger partial charge in [0.05, 0.1) is 11.8 Å². The first kappa shape index (κ1) is 28.9. The molecule has 6 nitrogen and oxygen atoms in total. The van der Waals surface area contributed by atoms with Crippen molar-refractivity contribution >= 4 is 23.9 Å². The van der Waals surface area contributed by atoms with Crippen LogP contribution >= 0.6 is 0 Å². The van der Waals surface area contributed by atoms with Gasteiger partial charge in [-0.05, 0) is 6.42 Å². The lowest BCUT2D eigenvalue weighted by Gasteiger charge is -2.05. The minimum atomic E-state index is -0.579. The quantitative estimate of drug-likeness (QED) is 0.438. The lowest BCUT2D eigenvalue weighted by molar-refractivity contribution is -0.154. The largest absolute Gasteiger partial charge is 0.393 e. The fraction of sp³-hybridized carbons (Fsp3) is 0.529. The van der Waals surface area contributed by atoms with E-state index in [2.05, 4.69) is 22.6 Å². The van der Waals surface area contributed by atoms with E-state index in [1.807, 2.05) is 6.92 Å². The number of esters is 4. The second kappa shape index (κ2) is 14.7.